The van der Waals surface area contributed by atoms with Crippen LogP contribution < -0.4 is 5.32 Å². The molecule has 1 N–H and O–H groups in total. The molecule has 3 nitrogen and oxygen atoms in total. The smallest absolute Gasteiger partial charge is 0.324 e. The molecule has 2 amide bonds. The van der Waals surface area contributed by atoms with Crippen LogP contribution in [0, 0.1) is 19.8 Å². The van der Waals surface area contributed by atoms with Crippen molar-refractivity contribution in [3.8, 4) is 0 Å². The number of piperidine rings is 1. The normalized spacial score (nSPS) is 19.5. The van der Waals surface area contributed by atoms with Crippen LogP contribution in [0.2, 0.25) is 0 Å². The topological polar surface area (TPSA) is 32.3 Å². The summed E-state index contributed by atoms with van der Waals surface area (Å²) in [6.45, 7) is 3.85. The van der Waals surface area contributed by atoms with Crippen molar-refractivity contribution >= 4 is 11.7 Å². The molecular weight excluding hydrogens is 281 g/mol. The van der Waals surface area contributed by atoms with Gasteiger partial charge in [-0.3, -0.25) is 0 Å². The SMILES string of the molecule is Cc1ccc(C)c(NC(=O)N2CCCC(C(F)(F)F)C2)c1. The van der Waals surface area contributed by atoms with Crippen molar-refractivity contribution in [3.63, 3.8) is 0 Å². The maximum atomic E-state index is 12.8. The number of nitrogens with one attached hydrogen (secondary N) is 1. The molecule has 0 spiro atoms. The van der Waals surface area contributed by atoms with Crippen LogP contribution in [0.5, 0.6) is 0 Å². The minimum atomic E-state index is -4.24. The molecule has 0 aliphatic carbocycles. The molecule has 116 valence electrons. The molecular formula is C15H19F3N2O. The number of likely N-dealkylation sites (tertiary alicyclic amines) is 1. The molecule has 0 radical (unpaired) electrons. The summed E-state index contributed by atoms with van der Waals surface area (Å²) in [6, 6.07) is 5.15. The monoisotopic (exact) mass is 300 g/mol. The fraction of sp³-hybridized carbons (Fsp3) is 0.533. The van der Waals surface area contributed by atoms with Gasteiger partial charge in [-0.15, -0.1) is 0 Å². The molecule has 1 unspecified atom stereocenters. The van der Waals surface area contributed by atoms with E-state index in [9.17, 15) is 18.0 Å². The van der Waals surface area contributed by atoms with Gasteiger partial charge in [0, 0.05) is 18.8 Å². The highest BCUT2D eigenvalue weighted by Gasteiger charge is 2.42. The molecule has 2 rings (SSSR count). The van der Waals surface area contributed by atoms with Crippen LogP contribution in [0.3, 0.4) is 0 Å². The van der Waals surface area contributed by atoms with E-state index >= 15 is 0 Å². The number of hydrogen-bond acceptors (Lipinski definition) is 1. The van der Waals surface area contributed by atoms with E-state index in [1.54, 1.807) is 0 Å². The fourth-order valence-corrected chi connectivity index (χ4v) is 2.49. The molecule has 1 fully saturated rings. The van der Waals surface area contributed by atoms with E-state index in [1.807, 2.05) is 32.0 Å². The van der Waals surface area contributed by atoms with Crippen molar-refractivity contribution in [3.05, 3.63) is 29.3 Å². The van der Waals surface area contributed by atoms with Crippen LogP contribution in [0.25, 0.3) is 0 Å². The number of rotatable bonds is 1. The first kappa shape index (κ1) is 15.7. The first-order chi connectivity index (χ1) is 9.77. The summed E-state index contributed by atoms with van der Waals surface area (Å²) < 4.78 is 38.3. The lowest BCUT2D eigenvalue weighted by Crippen LogP contribution is -2.46. The molecule has 1 heterocycles. The summed E-state index contributed by atoms with van der Waals surface area (Å²) in [7, 11) is 0. The molecule has 6 heteroatoms. The zero-order valence-corrected chi connectivity index (χ0v) is 12.1. The van der Waals surface area contributed by atoms with Gasteiger partial charge in [-0.1, -0.05) is 12.1 Å². The van der Waals surface area contributed by atoms with Gasteiger partial charge in [-0.2, -0.15) is 13.2 Å². The molecule has 21 heavy (non-hydrogen) atoms. The van der Waals surface area contributed by atoms with Gasteiger partial charge in [0.2, 0.25) is 0 Å². The Labute approximate surface area is 122 Å². The molecule has 1 aliphatic heterocycles. The van der Waals surface area contributed by atoms with Crippen LogP contribution in [-0.2, 0) is 0 Å². The predicted molar refractivity (Wildman–Crippen MR) is 75.3 cm³/mol. The second-order valence-electron chi connectivity index (χ2n) is 5.58. The summed E-state index contributed by atoms with van der Waals surface area (Å²) in [5.74, 6) is -1.42. The molecule has 0 bridgehead atoms. The van der Waals surface area contributed by atoms with Crippen molar-refractivity contribution in [2.45, 2.75) is 32.9 Å². The maximum Gasteiger partial charge on any atom is 0.393 e. The molecule has 0 aromatic heterocycles. The first-order valence-electron chi connectivity index (χ1n) is 6.97. The van der Waals surface area contributed by atoms with Crippen molar-refractivity contribution in [1.29, 1.82) is 0 Å². The van der Waals surface area contributed by atoms with Gasteiger partial charge in [-0.05, 0) is 43.9 Å². The number of urea groups is 1. The summed E-state index contributed by atoms with van der Waals surface area (Å²) in [4.78, 5) is 13.4. The number of nitrogens with zero attached hydrogens (tertiary/aromatic N) is 1. The largest absolute Gasteiger partial charge is 0.393 e. The summed E-state index contributed by atoms with van der Waals surface area (Å²) in [6.07, 6.45) is -3.76. The third-order valence-corrected chi connectivity index (χ3v) is 3.81. The van der Waals surface area contributed by atoms with Gasteiger partial charge in [0.05, 0.1) is 5.92 Å². The Bertz CT molecular complexity index is 528. The zero-order chi connectivity index (χ0) is 15.6. The van der Waals surface area contributed by atoms with E-state index in [4.69, 9.17) is 0 Å². The molecule has 1 atom stereocenters. The Morgan fingerprint density at radius 3 is 2.71 bits per heavy atom. The van der Waals surface area contributed by atoms with Gasteiger partial charge >= 0.3 is 12.2 Å². The average molecular weight is 300 g/mol. The minimum Gasteiger partial charge on any atom is -0.324 e. The lowest BCUT2D eigenvalue weighted by Gasteiger charge is -2.33. The Hall–Kier alpha value is -1.72. The zero-order valence-electron chi connectivity index (χ0n) is 12.1. The van der Waals surface area contributed by atoms with Crippen LogP contribution in [0.4, 0.5) is 23.7 Å². The highest BCUT2D eigenvalue weighted by atomic mass is 19.4. The van der Waals surface area contributed by atoms with E-state index in [2.05, 4.69) is 5.32 Å². The third kappa shape index (κ3) is 3.89. The Balaban J connectivity index is 2.04. The first-order valence-corrected chi connectivity index (χ1v) is 6.97. The van der Waals surface area contributed by atoms with Gasteiger partial charge in [0.15, 0.2) is 0 Å². The molecule has 1 saturated heterocycles. The minimum absolute atomic E-state index is 0.0940. The maximum absolute atomic E-state index is 12.8. The van der Waals surface area contributed by atoms with Crippen LogP contribution in [0.15, 0.2) is 18.2 Å². The number of carbonyl (C=O) groups is 1. The quantitative estimate of drug-likeness (QED) is 0.831. The Kier molecular flexibility index (Phi) is 4.44. The number of amides is 2. The molecule has 1 aromatic carbocycles. The Morgan fingerprint density at radius 1 is 1.33 bits per heavy atom. The summed E-state index contributed by atoms with van der Waals surface area (Å²) in [5.41, 5.74) is 2.52. The number of hydrogen-bond donors (Lipinski definition) is 1. The van der Waals surface area contributed by atoms with Crippen LogP contribution in [0.1, 0.15) is 24.0 Å². The number of carbonyl (C=O) groups excluding carboxylic acids is 1. The lowest BCUT2D eigenvalue weighted by atomic mass is 9.98. The predicted octanol–water partition coefficient (Wildman–Crippen LogP) is 4.11. The van der Waals surface area contributed by atoms with E-state index in [1.165, 1.54) is 4.90 Å². The molecule has 0 saturated carbocycles. The van der Waals surface area contributed by atoms with Crippen molar-refractivity contribution < 1.29 is 18.0 Å². The van der Waals surface area contributed by atoms with E-state index in [0.29, 0.717) is 18.7 Å². The highest BCUT2D eigenvalue weighted by Crippen LogP contribution is 2.33. The van der Waals surface area contributed by atoms with E-state index in [0.717, 1.165) is 11.1 Å². The second kappa shape index (κ2) is 5.95. The third-order valence-electron chi connectivity index (χ3n) is 3.81. The van der Waals surface area contributed by atoms with Crippen molar-refractivity contribution in [2.24, 2.45) is 5.92 Å². The highest BCUT2D eigenvalue weighted by molar-refractivity contribution is 5.90. The van der Waals surface area contributed by atoms with E-state index in [-0.39, 0.29) is 13.0 Å². The lowest BCUT2D eigenvalue weighted by molar-refractivity contribution is -0.183. The summed E-state index contributed by atoms with van der Waals surface area (Å²) in [5, 5.41) is 2.71. The van der Waals surface area contributed by atoms with Crippen molar-refractivity contribution in [2.75, 3.05) is 18.4 Å². The number of benzene rings is 1. The molecule has 1 aliphatic rings. The van der Waals surface area contributed by atoms with Gasteiger partial charge in [0.1, 0.15) is 0 Å². The second-order valence-corrected chi connectivity index (χ2v) is 5.58. The number of halogens is 3. The van der Waals surface area contributed by atoms with E-state index < -0.39 is 18.1 Å². The fourth-order valence-electron chi connectivity index (χ4n) is 2.49. The standard InChI is InChI=1S/C15H19F3N2O/c1-10-5-6-11(2)13(8-10)19-14(21)20-7-3-4-12(9-20)15(16,17)18/h5-6,8,12H,3-4,7,9H2,1-2H3,(H,19,21). The van der Waals surface area contributed by atoms with Gasteiger partial charge < -0.3 is 10.2 Å². The number of anilines is 1. The summed E-state index contributed by atoms with van der Waals surface area (Å²) >= 11 is 0. The molecule has 1 aromatic rings. The van der Waals surface area contributed by atoms with Gasteiger partial charge in [-0.25, -0.2) is 4.79 Å². The van der Waals surface area contributed by atoms with Crippen LogP contribution >= 0.6 is 0 Å². The van der Waals surface area contributed by atoms with Crippen molar-refractivity contribution in [1.82, 2.24) is 4.90 Å². The Morgan fingerprint density at radius 2 is 2.05 bits per heavy atom. The van der Waals surface area contributed by atoms with Gasteiger partial charge in [0.25, 0.3) is 0 Å². The number of alkyl halides is 3. The number of aryl methyl sites for hydroxylation is 2. The average Bonchev–Trinajstić information content (AvgIpc) is 2.42. The van der Waals surface area contributed by atoms with Crippen LogP contribution in [-0.4, -0.2) is 30.2 Å².